The summed E-state index contributed by atoms with van der Waals surface area (Å²) in [6.45, 7) is 4.98. The highest BCUT2D eigenvalue weighted by molar-refractivity contribution is 7.22. The number of carbonyl (C=O) groups excluding carboxylic acids is 1. The molecule has 1 fully saturated rings. The maximum absolute atomic E-state index is 13.1. The lowest BCUT2D eigenvalue weighted by Crippen LogP contribution is -2.39. The van der Waals surface area contributed by atoms with Crippen molar-refractivity contribution in [2.24, 2.45) is 0 Å². The molecular formula is C23H25Cl2N3O2S. The van der Waals surface area contributed by atoms with Crippen LogP contribution in [0.15, 0.2) is 54.6 Å². The third kappa shape index (κ3) is 6.28. The number of fused-ring (bicyclic) bond motifs is 1. The minimum Gasteiger partial charge on any atom is -0.379 e. The molecule has 0 spiro atoms. The molecule has 0 atom stereocenters. The summed E-state index contributed by atoms with van der Waals surface area (Å²) in [6.07, 6.45) is 4.34. The van der Waals surface area contributed by atoms with Crippen LogP contribution in [0.3, 0.4) is 0 Å². The maximum Gasteiger partial charge on any atom is 0.252 e. The fourth-order valence-corrected chi connectivity index (χ4v) is 4.71. The molecule has 31 heavy (non-hydrogen) atoms. The van der Waals surface area contributed by atoms with Crippen LogP contribution in [0.1, 0.15) is 12.0 Å². The van der Waals surface area contributed by atoms with E-state index >= 15 is 0 Å². The first-order chi connectivity index (χ1) is 14.7. The Morgan fingerprint density at radius 2 is 1.94 bits per heavy atom. The van der Waals surface area contributed by atoms with Crippen molar-refractivity contribution in [3.63, 3.8) is 0 Å². The van der Waals surface area contributed by atoms with Gasteiger partial charge >= 0.3 is 0 Å². The fourth-order valence-electron chi connectivity index (χ4n) is 3.42. The minimum absolute atomic E-state index is 0. The molecular weight excluding hydrogens is 453 g/mol. The summed E-state index contributed by atoms with van der Waals surface area (Å²) in [6, 6.07) is 15.5. The number of morpholine rings is 1. The van der Waals surface area contributed by atoms with E-state index < -0.39 is 0 Å². The molecule has 0 saturated carbocycles. The maximum atomic E-state index is 13.1. The van der Waals surface area contributed by atoms with Crippen LogP contribution >= 0.6 is 35.3 Å². The topological polar surface area (TPSA) is 45.7 Å². The summed E-state index contributed by atoms with van der Waals surface area (Å²) in [5.74, 6) is -0.0731. The van der Waals surface area contributed by atoms with Gasteiger partial charge in [-0.05, 0) is 30.2 Å². The molecule has 1 aliphatic rings. The predicted molar refractivity (Wildman–Crippen MR) is 132 cm³/mol. The SMILES string of the molecule is Cl.O=C(/C=C/c1ccccc1)N(CCCN1CCOCC1)c1nc2c(Cl)cccc2s1. The number of carbonyl (C=O) groups is 1. The van der Waals surface area contributed by atoms with Gasteiger partial charge in [-0.25, -0.2) is 4.98 Å². The van der Waals surface area contributed by atoms with Crippen LogP contribution in [0.4, 0.5) is 5.13 Å². The molecule has 1 amide bonds. The number of benzene rings is 2. The summed E-state index contributed by atoms with van der Waals surface area (Å²) >= 11 is 7.81. The quantitative estimate of drug-likeness (QED) is 0.441. The van der Waals surface area contributed by atoms with E-state index in [1.807, 2.05) is 54.6 Å². The van der Waals surface area contributed by atoms with Crippen LogP contribution in [0.25, 0.3) is 16.3 Å². The number of nitrogens with zero attached hydrogens (tertiary/aromatic N) is 3. The summed E-state index contributed by atoms with van der Waals surface area (Å²) in [7, 11) is 0. The molecule has 0 unspecified atom stereocenters. The number of aromatic nitrogens is 1. The van der Waals surface area contributed by atoms with E-state index in [0.29, 0.717) is 16.7 Å². The zero-order valence-corrected chi connectivity index (χ0v) is 19.5. The van der Waals surface area contributed by atoms with E-state index in [-0.39, 0.29) is 18.3 Å². The summed E-state index contributed by atoms with van der Waals surface area (Å²) < 4.78 is 6.40. The Hall–Kier alpha value is -1.96. The number of anilines is 1. The van der Waals surface area contributed by atoms with Crippen LogP contribution in [-0.4, -0.2) is 55.2 Å². The molecule has 164 valence electrons. The Morgan fingerprint density at radius 1 is 1.16 bits per heavy atom. The van der Waals surface area contributed by atoms with Crippen LogP contribution in [0.2, 0.25) is 5.02 Å². The number of halogens is 2. The lowest BCUT2D eigenvalue weighted by molar-refractivity contribution is -0.114. The van der Waals surface area contributed by atoms with Crippen molar-refractivity contribution in [3.05, 3.63) is 65.2 Å². The van der Waals surface area contributed by atoms with Gasteiger partial charge in [-0.3, -0.25) is 14.6 Å². The minimum atomic E-state index is -0.0731. The van der Waals surface area contributed by atoms with Crippen molar-refractivity contribution in [1.82, 2.24) is 9.88 Å². The Morgan fingerprint density at radius 3 is 2.68 bits per heavy atom. The van der Waals surface area contributed by atoms with Gasteiger partial charge in [0.25, 0.3) is 5.91 Å². The highest BCUT2D eigenvalue weighted by atomic mass is 35.5. The Labute approximate surface area is 197 Å². The van der Waals surface area contributed by atoms with Crippen LogP contribution < -0.4 is 4.90 Å². The first kappa shape index (κ1) is 23.7. The summed E-state index contributed by atoms with van der Waals surface area (Å²) in [4.78, 5) is 21.9. The smallest absolute Gasteiger partial charge is 0.252 e. The molecule has 4 rings (SSSR count). The van der Waals surface area contributed by atoms with Gasteiger partial charge in [-0.1, -0.05) is 59.3 Å². The Kier molecular flexibility index (Phi) is 8.87. The van der Waals surface area contributed by atoms with Crippen molar-refractivity contribution >= 4 is 62.7 Å². The number of thiazole rings is 1. The van der Waals surface area contributed by atoms with Crippen molar-refractivity contribution in [2.75, 3.05) is 44.3 Å². The molecule has 0 N–H and O–H groups in total. The van der Waals surface area contributed by atoms with Crippen molar-refractivity contribution in [2.45, 2.75) is 6.42 Å². The fraction of sp³-hybridized carbons (Fsp3) is 0.304. The average Bonchev–Trinajstić information content (AvgIpc) is 3.22. The predicted octanol–water partition coefficient (Wildman–Crippen LogP) is 5.14. The van der Waals surface area contributed by atoms with Crippen molar-refractivity contribution in [3.8, 4) is 0 Å². The molecule has 0 bridgehead atoms. The third-order valence-electron chi connectivity index (χ3n) is 5.03. The van der Waals surface area contributed by atoms with Crippen molar-refractivity contribution in [1.29, 1.82) is 0 Å². The van der Waals surface area contributed by atoms with E-state index in [0.717, 1.165) is 55.0 Å². The number of rotatable bonds is 7. The average molecular weight is 478 g/mol. The molecule has 2 aromatic carbocycles. The largest absolute Gasteiger partial charge is 0.379 e. The number of hydrogen-bond acceptors (Lipinski definition) is 5. The zero-order chi connectivity index (χ0) is 20.8. The van der Waals surface area contributed by atoms with Gasteiger partial charge in [0.1, 0.15) is 5.52 Å². The van der Waals surface area contributed by atoms with Gasteiger partial charge < -0.3 is 4.74 Å². The Balaban J connectivity index is 0.00000272. The van der Waals surface area contributed by atoms with Gasteiger partial charge in [0, 0.05) is 32.3 Å². The standard InChI is InChI=1S/C23H24ClN3O2S.ClH/c24-19-8-4-9-20-22(19)25-23(30-20)27(13-5-12-26-14-16-29-17-15-26)21(28)11-10-18-6-2-1-3-7-18;/h1-4,6-11H,5,12-17H2;1H/b11-10+;. The molecule has 1 aromatic heterocycles. The molecule has 1 aliphatic heterocycles. The van der Waals surface area contributed by atoms with Crippen LogP contribution in [-0.2, 0) is 9.53 Å². The molecule has 2 heterocycles. The third-order valence-corrected chi connectivity index (χ3v) is 6.38. The lowest BCUT2D eigenvalue weighted by Gasteiger charge is -2.27. The summed E-state index contributed by atoms with van der Waals surface area (Å²) in [5, 5.41) is 1.29. The Bertz CT molecular complexity index is 1020. The first-order valence-corrected chi connectivity index (χ1v) is 11.3. The second-order valence-electron chi connectivity index (χ2n) is 7.12. The van der Waals surface area contributed by atoms with E-state index in [4.69, 9.17) is 16.3 Å². The molecule has 3 aromatic rings. The number of para-hydroxylation sites is 1. The van der Waals surface area contributed by atoms with Gasteiger partial charge in [-0.2, -0.15) is 0 Å². The molecule has 0 aliphatic carbocycles. The molecule has 1 saturated heterocycles. The zero-order valence-electron chi connectivity index (χ0n) is 17.1. The molecule has 8 heteroatoms. The first-order valence-electron chi connectivity index (χ1n) is 10.1. The highest BCUT2D eigenvalue weighted by Crippen LogP contribution is 2.33. The number of amides is 1. The van der Waals surface area contributed by atoms with Gasteiger partial charge in [0.15, 0.2) is 5.13 Å². The normalized spacial score (nSPS) is 14.6. The van der Waals surface area contributed by atoms with E-state index in [1.165, 1.54) is 11.3 Å². The van der Waals surface area contributed by atoms with Crippen LogP contribution in [0, 0.1) is 0 Å². The van der Waals surface area contributed by atoms with E-state index in [9.17, 15) is 4.79 Å². The molecule has 5 nitrogen and oxygen atoms in total. The van der Waals surface area contributed by atoms with E-state index in [1.54, 1.807) is 11.0 Å². The summed E-state index contributed by atoms with van der Waals surface area (Å²) in [5.41, 5.74) is 1.74. The number of hydrogen-bond donors (Lipinski definition) is 0. The van der Waals surface area contributed by atoms with Gasteiger partial charge in [0.05, 0.1) is 22.9 Å². The number of ether oxygens (including phenoxy) is 1. The lowest BCUT2D eigenvalue weighted by atomic mass is 10.2. The highest BCUT2D eigenvalue weighted by Gasteiger charge is 2.19. The second kappa shape index (κ2) is 11.6. The van der Waals surface area contributed by atoms with Gasteiger partial charge in [0.2, 0.25) is 0 Å². The van der Waals surface area contributed by atoms with Crippen LogP contribution in [0.5, 0.6) is 0 Å². The monoisotopic (exact) mass is 477 g/mol. The van der Waals surface area contributed by atoms with Gasteiger partial charge in [-0.15, -0.1) is 12.4 Å². The van der Waals surface area contributed by atoms with Crippen molar-refractivity contribution < 1.29 is 9.53 Å². The van der Waals surface area contributed by atoms with E-state index in [2.05, 4.69) is 9.88 Å². The molecule has 0 radical (unpaired) electrons. The second-order valence-corrected chi connectivity index (χ2v) is 8.54.